The highest BCUT2D eigenvalue weighted by Gasteiger charge is 2.26. The van der Waals surface area contributed by atoms with Gasteiger partial charge in [0.15, 0.2) is 21.5 Å². The summed E-state index contributed by atoms with van der Waals surface area (Å²) in [5.74, 6) is -0.240. The molecule has 4 aromatic rings. The average molecular weight is 468 g/mol. The maximum Gasteiger partial charge on any atom is 0.229 e. The largest absolute Gasteiger partial charge is 0.330 e. The van der Waals surface area contributed by atoms with E-state index in [0.717, 1.165) is 28.4 Å². The van der Waals surface area contributed by atoms with Gasteiger partial charge in [0.05, 0.1) is 34.2 Å². The van der Waals surface area contributed by atoms with Gasteiger partial charge < -0.3 is 16.0 Å². The molecule has 0 atom stereocenters. The van der Waals surface area contributed by atoms with Crippen molar-refractivity contribution in [3.05, 3.63) is 60.2 Å². The zero-order valence-electron chi connectivity index (χ0n) is 17.6. The Hall–Kier alpha value is -3.57. The van der Waals surface area contributed by atoms with Crippen molar-refractivity contribution in [1.29, 1.82) is 0 Å². The van der Waals surface area contributed by atoms with Crippen LogP contribution in [0, 0.1) is 5.82 Å². The Morgan fingerprint density at radius 2 is 2.09 bits per heavy atom. The Bertz CT molecular complexity index is 1440. The molecule has 0 fully saturated rings. The summed E-state index contributed by atoms with van der Waals surface area (Å²) < 4.78 is 39.5. The highest BCUT2D eigenvalue weighted by atomic mass is 32.2. The van der Waals surface area contributed by atoms with Gasteiger partial charge in [0.1, 0.15) is 0 Å². The fraction of sp³-hybridized carbons (Fsp3) is 0.227. The molecule has 170 valence electrons. The number of anilines is 4. The van der Waals surface area contributed by atoms with Crippen LogP contribution in [0.25, 0.3) is 10.9 Å². The molecule has 2 aromatic heterocycles. The molecule has 0 aliphatic carbocycles. The lowest BCUT2D eigenvalue weighted by Gasteiger charge is -2.25. The number of aryl methyl sites for hydroxylation is 1. The first-order chi connectivity index (χ1) is 16.0. The van der Waals surface area contributed by atoms with Crippen LogP contribution in [0.5, 0.6) is 0 Å². The number of aromatic amines is 1. The Morgan fingerprint density at radius 1 is 1.21 bits per heavy atom. The van der Waals surface area contributed by atoms with Crippen molar-refractivity contribution < 1.29 is 12.8 Å². The molecule has 0 spiro atoms. The quantitative estimate of drug-likeness (QED) is 0.378. The second-order valence-electron chi connectivity index (χ2n) is 7.78. The van der Waals surface area contributed by atoms with E-state index < -0.39 is 15.7 Å². The summed E-state index contributed by atoms with van der Waals surface area (Å²) in [4.78, 5) is 10.5. The molecule has 0 saturated carbocycles. The molecular weight excluding hydrogens is 445 g/mol. The highest BCUT2D eigenvalue weighted by Crippen LogP contribution is 2.33. The van der Waals surface area contributed by atoms with Crippen LogP contribution in [0.2, 0.25) is 0 Å². The van der Waals surface area contributed by atoms with Crippen molar-refractivity contribution >= 4 is 43.9 Å². The van der Waals surface area contributed by atoms with Gasteiger partial charge in [-0.2, -0.15) is 10.1 Å². The number of nitrogens with one attached hydrogen (secondary N) is 2. The molecule has 4 N–H and O–H groups in total. The third-order valence-corrected chi connectivity index (χ3v) is 7.41. The first kappa shape index (κ1) is 21.3. The number of hydrogen-bond acceptors (Lipinski definition) is 8. The molecule has 9 nitrogen and oxygen atoms in total. The molecule has 33 heavy (non-hydrogen) atoms. The molecule has 1 aliphatic heterocycles. The SMILES string of the molecule is NCCCN(c1nc(Nc2ccc3c(c2)S(=O)(=O)CC3)ncc1F)c1cccc2[nH]ncc12. The molecule has 0 saturated heterocycles. The third-order valence-electron chi connectivity index (χ3n) is 5.62. The van der Waals surface area contributed by atoms with Gasteiger partial charge in [0, 0.05) is 17.6 Å². The Morgan fingerprint density at radius 3 is 2.94 bits per heavy atom. The molecular formula is C22H22FN7O2S. The molecule has 11 heteroatoms. The molecule has 1 aliphatic rings. The van der Waals surface area contributed by atoms with Gasteiger partial charge in [-0.25, -0.2) is 17.8 Å². The van der Waals surface area contributed by atoms with Gasteiger partial charge in [-0.3, -0.25) is 5.10 Å². The second-order valence-corrected chi connectivity index (χ2v) is 9.86. The van der Waals surface area contributed by atoms with Crippen molar-refractivity contribution in [2.45, 2.75) is 17.7 Å². The summed E-state index contributed by atoms with van der Waals surface area (Å²) in [6.07, 6.45) is 3.90. The van der Waals surface area contributed by atoms with Crippen molar-refractivity contribution in [2.75, 3.05) is 29.1 Å². The van der Waals surface area contributed by atoms with Gasteiger partial charge in [0.2, 0.25) is 5.95 Å². The van der Waals surface area contributed by atoms with E-state index in [4.69, 9.17) is 5.73 Å². The first-order valence-electron chi connectivity index (χ1n) is 10.5. The number of aromatic nitrogens is 4. The predicted octanol–water partition coefficient (Wildman–Crippen LogP) is 3.05. The van der Waals surface area contributed by atoms with E-state index >= 15 is 0 Å². The van der Waals surface area contributed by atoms with Crippen molar-refractivity contribution in [1.82, 2.24) is 20.2 Å². The first-order valence-corrected chi connectivity index (χ1v) is 12.2. The molecule has 0 radical (unpaired) electrons. The molecule has 3 heterocycles. The van der Waals surface area contributed by atoms with Crippen LogP contribution in [0.3, 0.4) is 0 Å². The number of halogens is 1. The van der Waals surface area contributed by atoms with E-state index in [-0.39, 0.29) is 17.5 Å². The fourth-order valence-electron chi connectivity index (χ4n) is 4.00. The molecule has 0 amide bonds. The average Bonchev–Trinajstić information content (AvgIpc) is 3.41. The number of hydrogen-bond donors (Lipinski definition) is 3. The standard InChI is InChI=1S/C22H22FN7O2S/c23-17-13-25-22(27-15-6-5-14-7-10-33(31,32)20(14)11-15)28-21(17)30(9-2-8-24)19-4-1-3-18-16(19)12-26-29-18/h1,3-6,11-13H,2,7-10,24H2,(H,26,29)(H,25,27,28). The van der Waals surface area contributed by atoms with E-state index in [1.807, 2.05) is 18.2 Å². The van der Waals surface area contributed by atoms with Crippen LogP contribution in [-0.2, 0) is 16.3 Å². The molecule has 2 aromatic carbocycles. The number of fused-ring (bicyclic) bond motifs is 2. The molecule has 0 bridgehead atoms. The van der Waals surface area contributed by atoms with Gasteiger partial charge in [0.25, 0.3) is 0 Å². The normalized spacial score (nSPS) is 14.4. The number of rotatable bonds is 7. The van der Waals surface area contributed by atoms with Crippen LogP contribution in [-0.4, -0.2) is 47.4 Å². The van der Waals surface area contributed by atoms with Crippen LogP contribution >= 0.6 is 0 Å². The van der Waals surface area contributed by atoms with E-state index in [2.05, 4.69) is 25.5 Å². The van der Waals surface area contributed by atoms with Crippen LogP contribution in [0.1, 0.15) is 12.0 Å². The van der Waals surface area contributed by atoms with Crippen molar-refractivity contribution in [2.24, 2.45) is 5.73 Å². The zero-order chi connectivity index (χ0) is 23.0. The fourth-order valence-corrected chi connectivity index (χ4v) is 5.58. The van der Waals surface area contributed by atoms with E-state index in [0.29, 0.717) is 36.5 Å². The lowest BCUT2D eigenvalue weighted by molar-refractivity contribution is 0.600. The highest BCUT2D eigenvalue weighted by molar-refractivity contribution is 7.91. The summed E-state index contributed by atoms with van der Waals surface area (Å²) >= 11 is 0. The van der Waals surface area contributed by atoms with Gasteiger partial charge in [-0.1, -0.05) is 12.1 Å². The van der Waals surface area contributed by atoms with Crippen LogP contribution in [0.4, 0.5) is 27.5 Å². The number of nitrogens with two attached hydrogens (primary N) is 1. The molecule has 0 unspecified atom stereocenters. The van der Waals surface area contributed by atoms with Gasteiger partial charge in [-0.05, 0) is 49.2 Å². The number of nitrogens with zero attached hydrogens (tertiary/aromatic N) is 4. The maximum absolute atomic E-state index is 15.0. The Kier molecular flexibility index (Phi) is 5.43. The minimum atomic E-state index is -3.28. The van der Waals surface area contributed by atoms with E-state index in [1.165, 1.54) is 0 Å². The minimum absolute atomic E-state index is 0.0865. The summed E-state index contributed by atoms with van der Waals surface area (Å²) in [5, 5.41) is 10.8. The third kappa shape index (κ3) is 4.00. The summed E-state index contributed by atoms with van der Waals surface area (Å²) in [5.41, 5.74) is 8.59. The number of H-pyrrole nitrogens is 1. The van der Waals surface area contributed by atoms with E-state index in [9.17, 15) is 12.8 Å². The maximum atomic E-state index is 15.0. The molecule has 5 rings (SSSR count). The van der Waals surface area contributed by atoms with Crippen LogP contribution in [0.15, 0.2) is 53.7 Å². The minimum Gasteiger partial charge on any atom is -0.330 e. The monoisotopic (exact) mass is 467 g/mol. The van der Waals surface area contributed by atoms with Crippen molar-refractivity contribution in [3.63, 3.8) is 0 Å². The summed E-state index contributed by atoms with van der Waals surface area (Å²) in [6.45, 7) is 0.866. The summed E-state index contributed by atoms with van der Waals surface area (Å²) in [7, 11) is -3.28. The topological polar surface area (TPSA) is 130 Å². The lowest BCUT2D eigenvalue weighted by atomic mass is 10.1. The zero-order valence-corrected chi connectivity index (χ0v) is 18.4. The number of benzene rings is 2. The summed E-state index contributed by atoms with van der Waals surface area (Å²) in [6, 6.07) is 10.7. The predicted molar refractivity (Wildman–Crippen MR) is 124 cm³/mol. The Balaban J connectivity index is 1.53. The second kappa shape index (κ2) is 8.41. The van der Waals surface area contributed by atoms with Gasteiger partial charge in [-0.15, -0.1) is 0 Å². The Labute approximate surface area is 189 Å². The smallest absolute Gasteiger partial charge is 0.229 e. The van der Waals surface area contributed by atoms with Crippen molar-refractivity contribution in [3.8, 4) is 0 Å². The van der Waals surface area contributed by atoms with Gasteiger partial charge >= 0.3 is 0 Å². The number of sulfone groups is 1. The van der Waals surface area contributed by atoms with Crippen LogP contribution < -0.4 is 16.0 Å². The van der Waals surface area contributed by atoms with E-state index in [1.54, 1.807) is 29.3 Å². The lowest BCUT2D eigenvalue weighted by Crippen LogP contribution is -2.23.